The topological polar surface area (TPSA) is 118 Å². The maximum Gasteiger partial charge on any atom is 0.451 e. The number of benzene rings is 2. The quantitative estimate of drug-likeness (QED) is 0.407. The van der Waals surface area contributed by atoms with Crippen molar-refractivity contribution in [1.82, 2.24) is 19.9 Å². The van der Waals surface area contributed by atoms with Crippen LogP contribution in [0.3, 0.4) is 0 Å². The molecule has 0 radical (unpaired) electrons. The summed E-state index contributed by atoms with van der Waals surface area (Å²) in [6.07, 6.45) is -1.58. The van der Waals surface area contributed by atoms with Crippen molar-refractivity contribution in [1.29, 1.82) is 0 Å². The van der Waals surface area contributed by atoms with Gasteiger partial charge in [0.2, 0.25) is 21.8 Å². The van der Waals surface area contributed by atoms with Gasteiger partial charge in [0, 0.05) is 44.1 Å². The Morgan fingerprint density at radius 2 is 1.42 bits per heavy atom. The number of primary sulfonamides is 1. The monoisotopic (exact) mass is 541 g/mol. The molecule has 2 aromatic heterocycles. The smallest absolute Gasteiger partial charge is 0.352 e. The molecule has 9 nitrogen and oxygen atoms in total. The first-order chi connectivity index (χ1) is 18.1. The maximum absolute atomic E-state index is 14.0. The largest absolute Gasteiger partial charge is 0.451 e. The first kappa shape index (κ1) is 25.5. The molecule has 5 rings (SSSR count). The lowest BCUT2D eigenvalue weighted by Crippen LogP contribution is -2.47. The molecule has 38 heavy (non-hydrogen) atoms. The minimum atomic E-state index is -4.84. The standard InChI is InChI=1S/C25H22F3N7O2S/c26-25(27,28)23-32-21(18-8-4-9-19(16-18)38(29,36)37)20(17-6-2-1-3-7-17)22(33-23)34-12-14-35(15-13-34)24-30-10-5-11-31-24/h1-11,16H,12-15H2,(H2,29,36,37). The van der Waals surface area contributed by atoms with Crippen LogP contribution in [0.1, 0.15) is 5.82 Å². The molecule has 2 aromatic carbocycles. The van der Waals surface area contributed by atoms with E-state index < -0.39 is 22.0 Å². The molecule has 0 unspecified atom stereocenters. The SMILES string of the molecule is NS(=O)(=O)c1cccc(-c2nc(C(F)(F)F)nc(N3CCN(c4ncccn4)CC3)c2-c2ccccc2)c1. The second kappa shape index (κ2) is 9.99. The average molecular weight is 542 g/mol. The summed E-state index contributed by atoms with van der Waals surface area (Å²) in [7, 11) is -4.11. The lowest BCUT2D eigenvalue weighted by atomic mass is 9.98. The fraction of sp³-hybridized carbons (Fsp3) is 0.200. The zero-order valence-corrected chi connectivity index (χ0v) is 20.7. The van der Waals surface area contributed by atoms with Gasteiger partial charge in [-0.2, -0.15) is 13.2 Å². The van der Waals surface area contributed by atoms with E-state index in [9.17, 15) is 21.6 Å². The summed E-state index contributed by atoms with van der Waals surface area (Å²) in [5.41, 5.74) is 1.06. The van der Waals surface area contributed by atoms with Gasteiger partial charge in [-0.1, -0.05) is 42.5 Å². The summed E-state index contributed by atoms with van der Waals surface area (Å²) < 4.78 is 66.1. The number of nitrogens with two attached hydrogens (primary N) is 1. The maximum atomic E-state index is 14.0. The van der Waals surface area contributed by atoms with Crippen LogP contribution in [0.4, 0.5) is 24.9 Å². The number of halogens is 3. The van der Waals surface area contributed by atoms with Gasteiger partial charge in [-0.15, -0.1) is 0 Å². The molecule has 1 saturated heterocycles. The lowest BCUT2D eigenvalue weighted by molar-refractivity contribution is -0.144. The number of sulfonamides is 1. The molecule has 0 atom stereocenters. The highest BCUT2D eigenvalue weighted by atomic mass is 32.2. The number of piperazine rings is 1. The molecule has 196 valence electrons. The first-order valence-electron chi connectivity index (χ1n) is 11.6. The Balaban J connectivity index is 1.67. The highest BCUT2D eigenvalue weighted by Crippen LogP contribution is 2.41. The summed E-state index contributed by atoms with van der Waals surface area (Å²) >= 11 is 0. The molecule has 0 amide bonds. The molecule has 1 aliphatic rings. The van der Waals surface area contributed by atoms with E-state index >= 15 is 0 Å². The highest BCUT2D eigenvalue weighted by molar-refractivity contribution is 7.89. The van der Waals surface area contributed by atoms with Gasteiger partial charge in [0.15, 0.2) is 0 Å². The van der Waals surface area contributed by atoms with Crippen LogP contribution in [0.2, 0.25) is 0 Å². The van der Waals surface area contributed by atoms with Gasteiger partial charge >= 0.3 is 6.18 Å². The zero-order valence-electron chi connectivity index (χ0n) is 19.9. The van der Waals surface area contributed by atoms with Gasteiger partial charge in [0.1, 0.15) is 5.82 Å². The van der Waals surface area contributed by atoms with E-state index in [1.165, 1.54) is 24.3 Å². The van der Waals surface area contributed by atoms with Crippen molar-refractivity contribution in [3.05, 3.63) is 78.9 Å². The van der Waals surface area contributed by atoms with Gasteiger partial charge in [-0.05, 0) is 23.8 Å². The second-order valence-electron chi connectivity index (χ2n) is 8.55. The van der Waals surface area contributed by atoms with Crippen LogP contribution in [-0.2, 0) is 16.2 Å². The number of nitrogens with zero attached hydrogens (tertiary/aromatic N) is 6. The van der Waals surface area contributed by atoms with E-state index in [-0.39, 0.29) is 22.0 Å². The number of anilines is 2. The third kappa shape index (κ3) is 5.29. The molecule has 1 fully saturated rings. The van der Waals surface area contributed by atoms with Crippen LogP contribution in [0.5, 0.6) is 0 Å². The van der Waals surface area contributed by atoms with Crippen molar-refractivity contribution in [3.63, 3.8) is 0 Å². The molecule has 0 saturated carbocycles. The van der Waals surface area contributed by atoms with Crippen molar-refractivity contribution >= 4 is 21.8 Å². The Bertz CT molecular complexity index is 1540. The average Bonchev–Trinajstić information content (AvgIpc) is 2.92. The molecule has 4 aromatic rings. The van der Waals surface area contributed by atoms with Crippen LogP contribution in [0, 0.1) is 0 Å². The fourth-order valence-electron chi connectivity index (χ4n) is 4.28. The van der Waals surface area contributed by atoms with Gasteiger partial charge < -0.3 is 9.80 Å². The molecule has 0 bridgehead atoms. The Morgan fingerprint density at radius 3 is 2.05 bits per heavy atom. The van der Waals surface area contributed by atoms with E-state index in [2.05, 4.69) is 19.9 Å². The zero-order chi connectivity index (χ0) is 26.9. The summed E-state index contributed by atoms with van der Waals surface area (Å²) in [5.74, 6) is -0.685. The number of alkyl halides is 3. The van der Waals surface area contributed by atoms with Crippen LogP contribution in [-0.4, -0.2) is 54.5 Å². The molecule has 0 aliphatic carbocycles. The van der Waals surface area contributed by atoms with Gasteiger partial charge in [-0.25, -0.2) is 33.5 Å². The van der Waals surface area contributed by atoms with E-state index in [1.54, 1.807) is 53.7 Å². The third-order valence-corrected chi connectivity index (χ3v) is 6.97. The molecule has 1 aliphatic heterocycles. The molecular formula is C25H22F3N7O2S. The van der Waals surface area contributed by atoms with Crippen molar-refractivity contribution in [2.45, 2.75) is 11.1 Å². The van der Waals surface area contributed by atoms with E-state index in [1.807, 2.05) is 4.90 Å². The number of hydrogen-bond acceptors (Lipinski definition) is 8. The molecular weight excluding hydrogens is 519 g/mol. The predicted molar refractivity (Wildman–Crippen MR) is 136 cm³/mol. The predicted octanol–water partition coefficient (Wildman–Crippen LogP) is 3.59. The van der Waals surface area contributed by atoms with Crippen LogP contribution < -0.4 is 14.9 Å². The second-order valence-corrected chi connectivity index (χ2v) is 10.1. The Kier molecular flexibility index (Phi) is 6.71. The summed E-state index contributed by atoms with van der Waals surface area (Å²) in [6, 6.07) is 15.9. The van der Waals surface area contributed by atoms with Crippen molar-refractivity contribution in [2.24, 2.45) is 5.14 Å². The van der Waals surface area contributed by atoms with Crippen LogP contribution in [0.15, 0.2) is 78.0 Å². The summed E-state index contributed by atoms with van der Waals surface area (Å²) in [4.78, 5) is 19.9. The highest BCUT2D eigenvalue weighted by Gasteiger charge is 2.38. The third-order valence-electron chi connectivity index (χ3n) is 6.06. The Morgan fingerprint density at radius 1 is 0.789 bits per heavy atom. The molecule has 13 heteroatoms. The fourth-order valence-corrected chi connectivity index (χ4v) is 4.84. The van der Waals surface area contributed by atoms with Gasteiger partial charge in [0.25, 0.3) is 0 Å². The number of hydrogen-bond donors (Lipinski definition) is 1. The summed E-state index contributed by atoms with van der Waals surface area (Å²) in [5, 5.41) is 5.30. The normalized spacial score (nSPS) is 14.5. The van der Waals surface area contributed by atoms with Crippen molar-refractivity contribution in [3.8, 4) is 22.4 Å². The van der Waals surface area contributed by atoms with Crippen LogP contribution in [0.25, 0.3) is 22.4 Å². The minimum Gasteiger partial charge on any atom is -0.352 e. The first-order valence-corrected chi connectivity index (χ1v) is 13.1. The number of rotatable bonds is 5. The van der Waals surface area contributed by atoms with Crippen molar-refractivity contribution in [2.75, 3.05) is 36.0 Å². The van der Waals surface area contributed by atoms with Gasteiger partial charge in [0.05, 0.1) is 16.2 Å². The Labute approximate surface area is 216 Å². The van der Waals surface area contributed by atoms with E-state index in [0.29, 0.717) is 43.3 Å². The molecule has 0 spiro atoms. The molecule has 3 heterocycles. The molecule has 2 N–H and O–H groups in total. The van der Waals surface area contributed by atoms with E-state index in [0.717, 1.165) is 0 Å². The Hall–Kier alpha value is -4.10. The van der Waals surface area contributed by atoms with Crippen molar-refractivity contribution < 1.29 is 21.6 Å². The van der Waals surface area contributed by atoms with E-state index in [4.69, 9.17) is 5.14 Å². The minimum absolute atomic E-state index is 0.0483. The lowest BCUT2D eigenvalue weighted by Gasteiger charge is -2.36. The van der Waals surface area contributed by atoms with Gasteiger partial charge in [-0.3, -0.25) is 0 Å². The summed E-state index contributed by atoms with van der Waals surface area (Å²) in [6.45, 7) is 1.62. The number of aromatic nitrogens is 4. The van der Waals surface area contributed by atoms with Crippen LogP contribution >= 0.6 is 0 Å².